The summed E-state index contributed by atoms with van der Waals surface area (Å²) in [6.07, 6.45) is -2.07. The number of anilines is 1. The molecule has 1 rings (SSSR count). The van der Waals surface area contributed by atoms with Gasteiger partial charge in [0, 0.05) is 4.90 Å². The Morgan fingerprint density at radius 1 is 1.22 bits per heavy atom. The molecular formula is C14H14F3NO4S. The molecule has 0 aliphatic heterocycles. The lowest BCUT2D eigenvalue weighted by Gasteiger charge is -2.15. The van der Waals surface area contributed by atoms with E-state index in [-0.39, 0.29) is 11.4 Å². The molecule has 1 aromatic rings. The quantitative estimate of drug-likeness (QED) is 0.501. The summed E-state index contributed by atoms with van der Waals surface area (Å²) in [7, 11) is 2.18. The van der Waals surface area contributed by atoms with E-state index in [9.17, 15) is 22.8 Å². The number of ether oxygens (including phenoxy) is 2. The SMILES string of the molecule is COC(=O)/C=C(/Nc1cc(C(F)(F)F)ccc1SC)C(=O)OC. The van der Waals surface area contributed by atoms with Gasteiger partial charge >= 0.3 is 18.1 Å². The van der Waals surface area contributed by atoms with Gasteiger partial charge in [-0.15, -0.1) is 11.8 Å². The maximum absolute atomic E-state index is 12.8. The van der Waals surface area contributed by atoms with E-state index in [0.29, 0.717) is 4.90 Å². The number of methoxy groups -OCH3 is 2. The van der Waals surface area contributed by atoms with E-state index >= 15 is 0 Å². The number of thioether (sulfide) groups is 1. The molecule has 1 aromatic carbocycles. The van der Waals surface area contributed by atoms with Crippen LogP contribution >= 0.6 is 11.8 Å². The minimum atomic E-state index is -4.54. The number of hydrogen-bond donors (Lipinski definition) is 1. The second-order valence-electron chi connectivity index (χ2n) is 4.11. The average Bonchev–Trinajstić information content (AvgIpc) is 2.52. The number of alkyl halides is 3. The predicted octanol–water partition coefficient (Wildman–Crippen LogP) is 3.07. The van der Waals surface area contributed by atoms with Crippen molar-refractivity contribution >= 4 is 29.4 Å². The Labute approximate surface area is 134 Å². The van der Waals surface area contributed by atoms with Gasteiger partial charge in [0.2, 0.25) is 0 Å². The van der Waals surface area contributed by atoms with Gasteiger partial charge < -0.3 is 14.8 Å². The Bertz CT molecular complexity index is 629. The van der Waals surface area contributed by atoms with Crippen LogP contribution in [0, 0.1) is 0 Å². The molecule has 0 radical (unpaired) electrons. The highest BCUT2D eigenvalue weighted by Gasteiger charge is 2.31. The molecule has 0 fully saturated rings. The van der Waals surface area contributed by atoms with Crippen LogP contribution in [-0.4, -0.2) is 32.4 Å². The number of carbonyl (C=O) groups is 2. The third-order valence-electron chi connectivity index (χ3n) is 2.66. The Balaban J connectivity index is 3.28. The van der Waals surface area contributed by atoms with Crippen LogP contribution in [0.25, 0.3) is 0 Å². The van der Waals surface area contributed by atoms with Gasteiger partial charge in [0.15, 0.2) is 0 Å². The van der Waals surface area contributed by atoms with Crippen molar-refractivity contribution in [2.75, 3.05) is 25.8 Å². The summed E-state index contributed by atoms with van der Waals surface area (Å²) >= 11 is 1.18. The number of benzene rings is 1. The summed E-state index contributed by atoms with van der Waals surface area (Å²) in [5.74, 6) is -1.77. The summed E-state index contributed by atoms with van der Waals surface area (Å²) in [5, 5.41) is 2.49. The number of esters is 2. The first-order valence-corrected chi connectivity index (χ1v) is 7.35. The van der Waals surface area contributed by atoms with Crippen molar-refractivity contribution in [3.8, 4) is 0 Å². The fraction of sp³-hybridized carbons (Fsp3) is 0.286. The fourth-order valence-corrected chi connectivity index (χ4v) is 2.09. The Hall–Kier alpha value is -2.16. The normalized spacial score (nSPS) is 11.8. The predicted molar refractivity (Wildman–Crippen MR) is 79.0 cm³/mol. The van der Waals surface area contributed by atoms with E-state index in [4.69, 9.17) is 0 Å². The summed E-state index contributed by atoms with van der Waals surface area (Å²) in [6.45, 7) is 0. The van der Waals surface area contributed by atoms with Crippen molar-refractivity contribution in [3.05, 3.63) is 35.5 Å². The van der Waals surface area contributed by atoms with Crippen LogP contribution in [0.1, 0.15) is 5.56 Å². The maximum Gasteiger partial charge on any atom is 0.416 e. The number of halogens is 3. The van der Waals surface area contributed by atoms with Gasteiger partial charge in [0.05, 0.1) is 31.5 Å². The van der Waals surface area contributed by atoms with Gasteiger partial charge in [-0.1, -0.05) is 0 Å². The molecule has 0 bridgehead atoms. The third-order valence-corrected chi connectivity index (χ3v) is 3.46. The van der Waals surface area contributed by atoms with Crippen LogP contribution in [0.15, 0.2) is 34.9 Å². The number of rotatable bonds is 5. The molecule has 9 heteroatoms. The average molecular weight is 349 g/mol. The van der Waals surface area contributed by atoms with E-state index in [1.807, 2.05) is 0 Å². The van der Waals surface area contributed by atoms with Crippen LogP contribution in [-0.2, 0) is 25.2 Å². The second kappa shape index (κ2) is 7.91. The molecule has 23 heavy (non-hydrogen) atoms. The van der Waals surface area contributed by atoms with Gasteiger partial charge in [-0.05, 0) is 24.5 Å². The molecule has 126 valence electrons. The molecule has 0 aromatic heterocycles. The van der Waals surface area contributed by atoms with Crippen LogP contribution in [0.5, 0.6) is 0 Å². The monoisotopic (exact) mass is 349 g/mol. The van der Waals surface area contributed by atoms with Gasteiger partial charge in [-0.25, -0.2) is 9.59 Å². The molecule has 1 N–H and O–H groups in total. The molecule has 0 saturated heterocycles. The zero-order valence-corrected chi connectivity index (χ0v) is 13.3. The summed E-state index contributed by atoms with van der Waals surface area (Å²) < 4.78 is 47.3. The lowest BCUT2D eigenvalue weighted by Crippen LogP contribution is -2.16. The van der Waals surface area contributed by atoms with Gasteiger partial charge in [-0.3, -0.25) is 0 Å². The molecule has 0 unspecified atom stereocenters. The molecule has 0 spiro atoms. The smallest absolute Gasteiger partial charge is 0.416 e. The molecule has 5 nitrogen and oxygen atoms in total. The molecule has 0 aliphatic carbocycles. The van der Waals surface area contributed by atoms with E-state index in [0.717, 1.165) is 32.4 Å². The molecule has 0 atom stereocenters. The van der Waals surface area contributed by atoms with Gasteiger partial charge in [-0.2, -0.15) is 13.2 Å². The molecule has 0 saturated carbocycles. The van der Waals surface area contributed by atoms with Crippen molar-refractivity contribution in [1.82, 2.24) is 0 Å². The lowest BCUT2D eigenvalue weighted by molar-refractivity contribution is -0.138. The summed E-state index contributed by atoms with van der Waals surface area (Å²) in [5.41, 5.74) is -1.21. The van der Waals surface area contributed by atoms with E-state index in [2.05, 4.69) is 14.8 Å². The van der Waals surface area contributed by atoms with Crippen LogP contribution in [0.2, 0.25) is 0 Å². The minimum Gasteiger partial charge on any atom is -0.466 e. The van der Waals surface area contributed by atoms with Crippen molar-refractivity contribution in [3.63, 3.8) is 0 Å². The van der Waals surface area contributed by atoms with Crippen LogP contribution in [0.4, 0.5) is 18.9 Å². The third kappa shape index (κ3) is 5.20. The maximum atomic E-state index is 12.8. The fourth-order valence-electron chi connectivity index (χ4n) is 1.56. The van der Waals surface area contributed by atoms with Crippen LogP contribution in [0.3, 0.4) is 0 Å². The van der Waals surface area contributed by atoms with Crippen LogP contribution < -0.4 is 5.32 Å². The standard InChI is InChI=1S/C14H14F3NO4S/c1-21-12(19)7-10(13(20)22-2)18-9-6-8(14(15,16)17)4-5-11(9)23-3/h4-7,18H,1-3H3/b10-7+. The Morgan fingerprint density at radius 2 is 1.87 bits per heavy atom. The van der Waals surface area contributed by atoms with Gasteiger partial charge in [0.25, 0.3) is 0 Å². The van der Waals surface area contributed by atoms with E-state index in [1.54, 1.807) is 6.26 Å². The number of hydrogen-bond acceptors (Lipinski definition) is 6. The first-order chi connectivity index (χ1) is 10.7. The van der Waals surface area contributed by atoms with Gasteiger partial charge in [0.1, 0.15) is 5.70 Å². The first-order valence-electron chi connectivity index (χ1n) is 6.13. The van der Waals surface area contributed by atoms with Crippen molar-refractivity contribution in [2.24, 2.45) is 0 Å². The second-order valence-corrected chi connectivity index (χ2v) is 4.96. The number of nitrogens with one attached hydrogen (secondary N) is 1. The van der Waals surface area contributed by atoms with Crippen molar-refractivity contribution in [2.45, 2.75) is 11.1 Å². The van der Waals surface area contributed by atoms with Crippen molar-refractivity contribution in [1.29, 1.82) is 0 Å². The molecule has 0 aliphatic rings. The highest BCUT2D eigenvalue weighted by molar-refractivity contribution is 7.98. The Morgan fingerprint density at radius 3 is 2.35 bits per heavy atom. The number of carbonyl (C=O) groups excluding carboxylic acids is 2. The topological polar surface area (TPSA) is 64.6 Å². The molecule has 0 amide bonds. The highest BCUT2D eigenvalue weighted by Crippen LogP contribution is 2.35. The Kier molecular flexibility index (Phi) is 6.49. The molecule has 0 heterocycles. The minimum absolute atomic E-state index is 0.0212. The zero-order valence-electron chi connectivity index (χ0n) is 12.5. The first kappa shape index (κ1) is 18.9. The highest BCUT2D eigenvalue weighted by atomic mass is 32.2. The summed E-state index contributed by atoms with van der Waals surface area (Å²) in [6, 6.07) is 3.04. The van der Waals surface area contributed by atoms with E-state index < -0.39 is 23.7 Å². The summed E-state index contributed by atoms with van der Waals surface area (Å²) in [4.78, 5) is 23.4. The lowest BCUT2D eigenvalue weighted by atomic mass is 10.2. The zero-order chi connectivity index (χ0) is 17.6. The van der Waals surface area contributed by atoms with E-state index in [1.165, 1.54) is 17.8 Å². The molecular weight excluding hydrogens is 335 g/mol. The largest absolute Gasteiger partial charge is 0.466 e. The van der Waals surface area contributed by atoms with Crippen molar-refractivity contribution < 1.29 is 32.2 Å².